The third-order valence-corrected chi connectivity index (χ3v) is 2.54. The molecule has 1 aromatic rings. The summed E-state index contributed by atoms with van der Waals surface area (Å²) in [6.45, 7) is 0. The molecule has 1 N–H and O–H groups in total. The van der Waals surface area contributed by atoms with Crippen molar-refractivity contribution >= 4 is 15.9 Å². The van der Waals surface area contributed by atoms with Crippen LogP contribution in [0.3, 0.4) is 0 Å². The molecule has 0 aromatic heterocycles. The monoisotopic (exact) mass is 243 g/mol. The second-order valence-electron chi connectivity index (χ2n) is 2.52. The van der Waals surface area contributed by atoms with Gasteiger partial charge in [-0.05, 0) is 34.5 Å². The lowest BCUT2D eigenvalue weighted by molar-refractivity contribution is 0.467. The van der Waals surface area contributed by atoms with Crippen LogP contribution in [0, 0.1) is 17.1 Å². The van der Waals surface area contributed by atoms with Gasteiger partial charge >= 0.3 is 0 Å². The van der Waals surface area contributed by atoms with Crippen LogP contribution in [-0.2, 0) is 6.42 Å². The molecular formula is C9H7BrFNO. The number of halogens is 2. The van der Waals surface area contributed by atoms with Crippen molar-refractivity contribution in [2.24, 2.45) is 0 Å². The molecule has 0 aliphatic rings. The molecule has 4 heteroatoms. The maximum atomic E-state index is 13.1. The average molecular weight is 244 g/mol. The van der Waals surface area contributed by atoms with E-state index in [9.17, 15) is 9.50 Å². The molecule has 13 heavy (non-hydrogen) atoms. The highest BCUT2D eigenvalue weighted by molar-refractivity contribution is 9.10. The van der Waals surface area contributed by atoms with Gasteiger partial charge in [-0.15, -0.1) is 0 Å². The first kappa shape index (κ1) is 10.0. The van der Waals surface area contributed by atoms with Crippen LogP contribution < -0.4 is 0 Å². The Bertz CT molecular complexity index is 359. The van der Waals surface area contributed by atoms with Crippen LogP contribution in [0.25, 0.3) is 0 Å². The number of benzene rings is 1. The lowest BCUT2D eigenvalue weighted by Crippen LogP contribution is -1.91. The Hall–Kier alpha value is -1.08. The SMILES string of the molecule is N#CCCc1c(F)ccc(O)c1Br. The van der Waals surface area contributed by atoms with Crippen molar-refractivity contribution in [2.45, 2.75) is 12.8 Å². The fraction of sp³-hybridized carbons (Fsp3) is 0.222. The Morgan fingerprint density at radius 1 is 1.54 bits per heavy atom. The van der Waals surface area contributed by atoms with Crippen molar-refractivity contribution < 1.29 is 9.50 Å². The number of phenolic OH excluding ortho intramolecular Hbond substituents is 1. The summed E-state index contributed by atoms with van der Waals surface area (Å²) in [7, 11) is 0. The molecule has 0 saturated carbocycles. The number of aromatic hydroxyl groups is 1. The van der Waals surface area contributed by atoms with E-state index in [4.69, 9.17) is 5.26 Å². The van der Waals surface area contributed by atoms with Crippen molar-refractivity contribution in [3.63, 3.8) is 0 Å². The Kier molecular flexibility index (Phi) is 3.26. The number of phenols is 1. The van der Waals surface area contributed by atoms with Gasteiger partial charge in [0.05, 0.1) is 10.5 Å². The van der Waals surface area contributed by atoms with E-state index in [1.165, 1.54) is 12.1 Å². The Balaban J connectivity index is 3.04. The molecule has 0 saturated heterocycles. The van der Waals surface area contributed by atoms with Crippen LogP contribution in [0.5, 0.6) is 5.75 Å². The normalized spacial score (nSPS) is 9.62. The minimum atomic E-state index is -0.403. The Morgan fingerprint density at radius 3 is 2.85 bits per heavy atom. The number of hydrogen-bond donors (Lipinski definition) is 1. The molecule has 1 aromatic carbocycles. The van der Waals surface area contributed by atoms with Gasteiger partial charge in [-0.25, -0.2) is 4.39 Å². The first-order valence-electron chi connectivity index (χ1n) is 3.69. The molecule has 0 radical (unpaired) electrons. The first-order valence-corrected chi connectivity index (χ1v) is 4.49. The molecule has 0 aliphatic heterocycles. The molecule has 0 spiro atoms. The largest absolute Gasteiger partial charge is 0.507 e. The number of rotatable bonds is 2. The van der Waals surface area contributed by atoms with E-state index in [-0.39, 0.29) is 12.2 Å². The van der Waals surface area contributed by atoms with Crippen LogP contribution in [0.1, 0.15) is 12.0 Å². The summed E-state index contributed by atoms with van der Waals surface area (Å²) in [5.41, 5.74) is 0.349. The van der Waals surface area contributed by atoms with Crippen molar-refractivity contribution in [1.82, 2.24) is 0 Å². The quantitative estimate of drug-likeness (QED) is 0.869. The van der Waals surface area contributed by atoms with E-state index in [1.807, 2.05) is 6.07 Å². The molecule has 0 heterocycles. The van der Waals surface area contributed by atoms with Gasteiger partial charge in [-0.1, -0.05) is 0 Å². The summed E-state index contributed by atoms with van der Waals surface area (Å²) in [5.74, 6) is -0.408. The lowest BCUT2D eigenvalue weighted by atomic mass is 10.1. The zero-order valence-corrected chi connectivity index (χ0v) is 8.31. The van der Waals surface area contributed by atoms with E-state index in [0.717, 1.165) is 0 Å². The predicted molar refractivity (Wildman–Crippen MR) is 49.7 cm³/mol. The molecule has 68 valence electrons. The van der Waals surface area contributed by atoms with Crippen molar-refractivity contribution in [3.05, 3.63) is 28.0 Å². The fourth-order valence-electron chi connectivity index (χ4n) is 0.995. The highest BCUT2D eigenvalue weighted by Crippen LogP contribution is 2.30. The smallest absolute Gasteiger partial charge is 0.130 e. The summed E-state index contributed by atoms with van der Waals surface area (Å²) in [4.78, 5) is 0. The van der Waals surface area contributed by atoms with Crippen molar-refractivity contribution in [1.29, 1.82) is 5.26 Å². The molecule has 0 atom stereocenters. The summed E-state index contributed by atoms with van der Waals surface area (Å²) in [6, 6.07) is 4.38. The van der Waals surface area contributed by atoms with E-state index in [1.54, 1.807) is 0 Å². The average Bonchev–Trinajstić information content (AvgIpc) is 2.12. The van der Waals surface area contributed by atoms with Gasteiger partial charge in [-0.2, -0.15) is 5.26 Å². The van der Waals surface area contributed by atoms with Gasteiger partial charge in [0, 0.05) is 12.0 Å². The molecule has 0 aliphatic carbocycles. The van der Waals surface area contributed by atoms with Crippen molar-refractivity contribution in [3.8, 4) is 11.8 Å². The Morgan fingerprint density at radius 2 is 2.23 bits per heavy atom. The first-order chi connectivity index (χ1) is 6.16. The Labute approximate surface area is 83.7 Å². The highest BCUT2D eigenvalue weighted by Gasteiger charge is 2.09. The van der Waals surface area contributed by atoms with Gasteiger partial charge in [0.2, 0.25) is 0 Å². The topological polar surface area (TPSA) is 44.0 Å². The van der Waals surface area contributed by atoms with Gasteiger partial charge in [0.15, 0.2) is 0 Å². The third-order valence-electron chi connectivity index (χ3n) is 1.65. The van der Waals surface area contributed by atoms with Gasteiger partial charge in [-0.3, -0.25) is 0 Å². The summed E-state index contributed by atoms with van der Waals surface area (Å²) in [5, 5.41) is 17.6. The third kappa shape index (κ3) is 2.19. The second kappa shape index (κ2) is 4.24. The van der Waals surface area contributed by atoms with Gasteiger partial charge in [0.1, 0.15) is 11.6 Å². The molecular weight excluding hydrogens is 237 g/mol. The van der Waals surface area contributed by atoms with Crippen LogP contribution >= 0.6 is 15.9 Å². The number of nitrogens with zero attached hydrogens (tertiary/aromatic N) is 1. The summed E-state index contributed by atoms with van der Waals surface area (Å²) >= 11 is 3.06. The van der Waals surface area contributed by atoms with Crippen molar-refractivity contribution in [2.75, 3.05) is 0 Å². The second-order valence-corrected chi connectivity index (χ2v) is 3.31. The van der Waals surface area contributed by atoms with Gasteiger partial charge < -0.3 is 5.11 Å². The highest BCUT2D eigenvalue weighted by atomic mass is 79.9. The maximum Gasteiger partial charge on any atom is 0.130 e. The molecule has 0 unspecified atom stereocenters. The number of hydrogen-bond acceptors (Lipinski definition) is 2. The standard InChI is InChI=1S/C9H7BrFNO/c10-9-6(2-1-5-12)7(11)3-4-8(9)13/h3-4,13H,1-2H2. The van der Waals surface area contributed by atoms with Crippen LogP contribution in [-0.4, -0.2) is 5.11 Å². The summed E-state index contributed by atoms with van der Waals surface area (Å²) < 4.78 is 13.4. The summed E-state index contributed by atoms with van der Waals surface area (Å²) in [6.07, 6.45) is 0.538. The van der Waals surface area contributed by atoms with Crippen LogP contribution in [0.15, 0.2) is 16.6 Å². The zero-order chi connectivity index (χ0) is 9.84. The minimum absolute atomic E-state index is 0.00524. The van der Waals surface area contributed by atoms with Crippen LogP contribution in [0.4, 0.5) is 4.39 Å². The molecule has 0 fully saturated rings. The van der Waals surface area contributed by atoms with E-state index in [2.05, 4.69) is 15.9 Å². The lowest BCUT2D eigenvalue weighted by Gasteiger charge is -2.04. The van der Waals surface area contributed by atoms with Gasteiger partial charge in [0.25, 0.3) is 0 Å². The van der Waals surface area contributed by atoms with E-state index >= 15 is 0 Å². The predicted octanol–water partition coefficient (Wildman–Crippen LogP) is 2.75. The fourth-order valence-corrected chi connectivity index (χ4v) is 1.52. The zero-order valence-electron chi connectivity index (χ0n) is 6.72. The van der Waals surface area contributed by atoms with Crippen LogP contribution in [0.2, 0.25) is 0 Å². The molecule has 2 nitrogen and oxygen atoms in total. The maximum absolute atomic E-state index is 13.1. The molecule has 0 bridgehead atoms. The number of nitriles is 1. The van der Waals surface area contributed by atoms with E-state index in [0.29, 0.717) is 16.5 Å². The molecule has 1 rings (SSSR count). The molecule has 0 amide bonds. The minimum Gasteiger partial charge on any atom is -0.507 e. The van der Waals surface area contributed by atoms with E-state index < -0.39 is 5.82 Å².